The number of hydrogen-bond donors (Lipinski definition) is 0. The summed E-state index contributed by atoms with van der Waals surface area (Å²) in [5.41, 5.74) is 1.73. The van der Waals surface area contributed by atoms with Gasteiger partial charge >= 0.3 is 0 Å². The minimum Gasteiger partial charge on any atom is -0.373 e. The summed E-state index contributed by atoms with van der Waals surface area (Å²) < 4.78 is 12.3. The van der Waals surface area contributed by atoms with Gasteiger partial charge < -0.3 is 9.47 Å². The van der Waals surface area contributed by atoms with Crippen LogP contribution in [0.2, 0.25) is 0 Å². The molecule has 0 amide bonds. The fraction of sp³-hybridized carbons (Fsp3) is 0.762. The van der Waals surface area contributed by atoms with Crippen molar-refractivity contribution in [2.75, 3.05) is 13.2 Å². The molecule has 1 heterocycles. The number of carbonyl (C=O) groups excluding carboxylic acids is 1. The second kappa shape index (κ2) is 5.04. The molecule has 5 aliphatic rings. The third-order valence-corrected chi connectivity index (χ3v) is 8.14. The van der Waals surface area contributed by atoms with E-state index in [4.69, 9.17) is 9.47 Å². The van der Waals surface area contributed by atoms with Gasteiger partial charge in [0.25, 0.3) is 0 Å². The SMILES string of the molecule is C[C@]12C=CC(=O)CC1=CC[C@@H]1[C@@H]2CC[C@]2(C)C3OCCOC3C[C@@H]12. The molecule has 3 heteroatoms. The number of rotatable bonds is 0. The number of ketones is 1. The van der Waals surface area contributed by atoms with E-state index in [9.17, 15) is 4.79 Å². The van der Waals surface area contributed by atoms with Crippen molar-refractivity contribution < 1.29 is 14.3 Å². The largest absolute Gasteiger partial charge is 0.373 e. The van der Waals surface area contributed by atoms with Crippen molar-refractivity contribution in [3.63, 3.8) is 0 Å². The van der Waals surface area contributed by atoms with Crippen LogP contribution in [0.1, 0.15) is 46.0 Å². The highest BCUT2D eigenvalue weighted by Crippen LogP contribution is 2.64. The summed E-state index contributed by atoms with van der Waals surface area (Å²) in [4.78, 5) is 11.9. The minimum atomic E-state index is 0.0909. The molecule has 7 atom stereocenters. The first-order chi connectivity index (χ1) is 11.5. The monoisotopic (exact) mass is 328 g/mol. The van der Waals surface area contributed by atoms with Gasteiger partial charge in [0.1, 0.15) is 0 Å². The Balaban J connectivity index is 1.51. The van der Waals surface area contributed by atoms with Crippen LogP contribution in [0.25, 0.3) is 0 Å². The third kappa shape index (κ3) is 1.89. The molecule has 0 aromatic carbocycles. The molecule has 1 aliphatic heterocycles. The summed E-state index contributed by atoms with van der Waals surface area (Å²) in [6.07, 6.45) is 12.5. The van der Waals surface area contributed by atoms with Crippen LogP contribution in [0.15, 0.2) is 23.8 Å². The van der Waals surface area contributed by atoms with Crippen LogP contribution < -0.4 is 0 Å². The van der Waals surface area contributed by atoms with Gasteiger partial charge in [0.2, 0.25) is 0 Å². The van der Waals surface area contributed by atoms with E-state index in [1.807, 2.05) is 6.08 Å². The molecular formula is C21H28O3. The van der Waals surface area contributed by atoms with E-state index in [0.29, 0.717) is 36.4 Å². The lowest BCUT2D eigenvalue weighted by Crippen LogP contribution is -2.51. The fourth-order valence-electron chi connectivity index (χ4n) is 6.87. The van der Waals surface area contributed by atoms with Gasteiger partial charge in [-0.25, -0.2) is 0 Å². The van der Waals surface area contributed by atoms with Gasteiger partial charge in [-0.2, -0.15) is 0 Å². The van der Waals surface area contributed by atoms with Crippen LogP contribution in [0.4, 0.5) is 0 Å². The number of fused-ring (bicyclic) bond motifs is 7. The summed E-state index contributed by atoms with van der Waals surface area (Å²) in [5, 5.41) is 0. The maximum atomic E-state index is 11.9. The zero-order valence-corrected chi connectivity index (χ0v) is 14.8. The van der Waals surface area contributed by atoms with Crippen LogP contribution in [0, 0.1) is 28.6 Å². The summed E-state index contributed by atoms with van der Waals surface area (Å²) >= 11 is 0. The number of carbonyl (C=O) groups is 1. The summed E-state index contributed by atoms with van der Waals surface area (Å²) in [5.74, 6) is 2.32. The Bertz CT molecular complexity index is 635. The topological polar surface area (TPSA) is 35.5 Å². The number of ether oxygens (including phenoxy) is 2. The molecular weight excluding hydrogens is 300 g/mol. The van der Waals surface area contributed by atoms with Crippen LogP contribution >= 0.6 is 0 Å². The fourth-order valence-corrected chi connectivity index (χ4v) is 6.87. The second-order valence-electron chi connectivity index (χ2n) is 9.08. The highest BCUT2D eigenvalue weighted by molar-refractivity contribution is 5.93. The van der Waals surface area contributed by atoms with Gasteiger partial charge in [0.15, 0.2) is 5.78 Å². The highest BCUT2D eigenvalue weighted by Gasteiger charge is 2.62. The molecule has 3 nitrogen and oxygen atoms in total. The first-order valence-electron chi connectivity index (χ1n) is 9.67. The van der Waals surface area contributed by atoms with Crippen molar-refractivity contribution in [1.29, 1.82) is 0 Å². The zero-order valence-electron chi connectivity index (χ0n) is 14.8. The Morgan fingerprint density at radius 2 is 2.00 bits per heavy atom. The van der Waals surface area contributed by atoms with E-state index in [1.54, 1.807) is 0 Å². The smallest absolute Gasteiger partial charge is 0.159 e. The Labute approximate surface area is 144 Å². The first-order valence-corrected chi connectivity index (χ1v) is 9.67. The maximum absolute atomic E-state index is 11.9. The lowest BCUT2D eigenvalue weighted by molar-refractivity contribution is -0.165. The second-order valence-corrected chi connectivity index (χ2v) is 9.08. The van der Waals surface area contributed by atoms with Gasteiger partial charge in [0.05, 0.1) is 25.4 Å². The molecule has 0 spiro atoms. The molecule has 3 fully saturated rings. The molecule has 0 radical (unpaired) electrons. The van der Waals surface area contributed by atoms with Crippen molar-refractivity contribution in [3.05, 3.63) is 23.8 Å². The third-order valence-electron chi connectivity index (χ3n) is 8.14. The van der Waals surface area contributed by atoms with Gasteiger partial charge in [0, 0.05) is 11.8 Å². The summed E-state index contributed by atoms with van der Waals surface area (Å²) in [7, 11) is 0. The van der Waals surface area contributed by atoms with Gasteiger partial charge in [-0.1, -0.05) is 31.6 Å². The van der Waals surface area contributed by atoms with Gasteiger partial charge in [-0.15, -0.1) is 0 Å². The van der Waals surface area contributed by atoms with Crippen LogP contribution in [0.5, 0.6) is 0 Å². The van der Waals surface area contributed by atoms with E-state index in [2.05, 4.69) is 26.0 Å². The Kier molecular flexibility index (Phi) is 3.22. The van der Waals surface area contributed by atoms with Gasteiger partial charge in [-0.3, -0.25) is 4.79 Å². The van der Waals surface area contributed by atoms with Crippen molar-refractivity contribution in [2.24, 2.45) is 28.6 Å². The summed E-state index contributed by atoms with van der Waals surface area (Å²) in [6, 6.07) is 0. The molecule has 0 bridgehead atoms. The predicted molar refractivity (Wildman–Crippen MR) is 91.5 cm³/mol. The first kappa shape index (κ1) is 15.3. The van der Waals surface area contributed by atoms with Crippen molar-refractivity contribution in [1.82, 2.24) is 0 Å². The Morgan fingerprint density at radius 1 is 1.17 bits per heavy atom. The van der Waals surface area contributed by atoms with E-state index >= 15 is 0 Å². The minimum absolute atomic E-state index is 0.0909. The van der Waals surface area contributed by atoms with E-state index in [-0.39, 0.29) is 16.6 Å². The molecule has 0 N–H and O–H groups in total. The molecule has 0 aromatic rings. The Morgan fingerprint density at radius 3 is 2.88 bits per heavy atom. The molecule has 5 rings (SSSR count). The average molecular weight is 328 g/mol. The number of allylic oxidation sites excluding steroid dienone is 4. The predicted octanol–water partition coefficient (Wildman–Crippen LogP) is 3.69. The van der Waals surface area contributed by atoms with Gasteiger partial charge in [-0.05, 0) is 54.9 Å². The molecule has 2 saturated carbocycles. The number of hydrogen-bond acceptors (Lipinski definition) is 3. The molecule has 1 saturated heterocycles. The van der Waals surface area contributed by atoms with Crippen molar-refractivity contribution >= 4 is 5.78 Å². The maximum Gasteiger partial charge on any atom is 0.159 e. The van der Waals surface area contributed by atoms with E-state index < -0.39 is 0 Å². The normalized spacial score (nSPS) is 52.8. The van der Waals surface area contributed by atoms with Crippen LogP contribution in [-0.4, -0.2) is 31.2 Å². The quantitative estimate of drug-likeness (QED) is 0.636. The molecule has 24 heavy (non-hydrogen) atoms. The lowest BCUT2D eigenvalue weighted by Gasteiger charge is -2.56. The molecule has 4 aliphatic carbocycles. The lowest BCUT2D eigenvalue weighted by atomic mass is 9.49. The van der Waals surface area contributed by atoms with Crippen molar-refractivity contribution in [2.45, 2.75) is 58.2 Å². The van der Waals surface area contributed by atoms with E-state index in [1.165, 1.54) is 18.4 Å². The molecule has 2 unspecified atom stereocenters. The summed E-state index contributed by atoms with van der Waals surface area (Å²) in [6.45, 7) is 6.33. The van der Waals surface area contributed by atoms with E-state index in [0.717, 1.165) is 26.1 Å². The zero-order chi connectivity index (χ0) is 16.5. The molecule has 0 aromatic heterocycles. The molecule has 130 valence electrons. The highest BCUT2D eigenvalue weighted by atomic mass is 16.6. The Hall–Kier alpha value is -0.930. The average Bonchev–Trinajstić information content (AvgIpc) is 2.89. The van der Waals surface area contributed by atoms with Crippen molar-refractivity contribution in [3.8, 4) is 0 Å². The van der Waals surface area contributed by atoms with Crippen LogP contribution in [0.3, 0.4) is 0 Å². The van der Waals surface area contributed by atoms with Crippen LogP contribution in [-0.2, 0) is 14.3 Å². The standard InChI is InChI=1S/C21H28O3/c1-20-7-5-14(22)11-13(20)3-4-15-16(20)6-8-21(2)17(15)12-18-19(21)24-10-9-23-18/h3,5,7,15-19H,4,6,8-12H2,1-2H3/t15-,16+,17+,18?,19?,20+,21+/m1/s1.